The first kappa shape index (κ1) is 26.1. The first-order valence-corrected chi connectivity index (χ1v) is 11.0. The van der Waals surface area contributed by atoms with Gasteiger partial charge >= 0.3 is 12.1 Å². The first-order valence-electron chi connectivity index (χ1n) is 11.0. The molecule has 0 radical (unpaired) electrons. The third-order valence-corrected chi connectivity index (χ3v) is 5.42. The highest BCUT2D eigenvalue weighted by Gasteiger charge is 2.47. The molecule has 4 atom stereocenters. The Hall–Kier alpha value is -4.01. The summed E-state index contributed by atoms with van der Waals surface area (Å²) < 4.78 is 47.0. The maximum Gasteiger partial charge on any atom is 0.573 e. The second-order valence-electron chi connectivity index (χ2n) is 8.06. The van der Waals surface area contributed by atoms with Crippen LogP contribution in [0.4, 0.5) is 19.0 Å². The van der Waals surface area contributed by atoms with Gasteiger partial charge in [0.25, 0.3) is 5.91 Å². The van der Waals surface area contributed by atoms with Crippen LogP contribution in [0.15, 0.2) is 65.8 Å². The smallest absolute Gasteiger partial charge is 0.406 e. The van der Waals surface area contributed by atoms with Gasteiger partial charge in [-0.05, 0) is 35.4 Å². The molecule has 37 heavy (non-hydrogen) atoms. The number of hydrogen-bond acceptors (Lipinski definition) is 9. The molecule has 1 aromatic carbocycles. The van der Waals surface area contributed by atoms with E-state index in [4.69, 9.17) is 4.74 Å². The minimum Gasteiger partial charge on any atom is -0.406 e. The number of rotatable bonds is 8. The maximum absolute atomic E-state index is 12.6. The molecule has 1 aliphatic rings. The summed E-state index contributed by atoms with van der Waals surface area (Å²) in [6.45, 7) is 0.267. The number of nitrogens with one attached hydrogen (secondary N) is 2. The van der Waals surface area contributed by atoms with Crippen LogP contribution >= 0.6 is 0 Å². The Morgan fingerprint density at radius 1 is 1.08 bits per heavy atom. The Bertz CT molecular complexity index is 1270. The van der Waals surface area contributed by atoms with Crippen molar-refractivity contribution >= 4 is 11.7 Å². The Kier molecular flexibility index (Phi) is 7.71. The van der Waals surface area contributed by atoms with Crippen LogP contribution in [-0.2, 0) is 22.6 Å². The summed E-state index contributed by atoms with van der Waals surface area (Å²) in [5.74, 6) is -0.891. The van der Waals surface area contributed by atoms with Crippen molar-refractivity contribution in [2.45, 2.75) is 44.0 Å². The number of amides is 1. The molecule has 3 aromatic rings. The molecule has 196 valence electrons. The minimum absolute atomic E-state index is 0.125. The normalized spacial score (nSPS) is 21.4. The van der Waals surface area contributed by atoms with Crippen molar-refractivity contribution in [3.63, 3.8) is 0 Å². The SMILES string of the molecule is O=C(NCc1cccnc1)[C@H]1O[C@@H](n2ccc(NCc3ccc(OC(F)(F)F)cc3)nc2=O)C(O)C1O. The highest BCUT2D eigenvalue weighted by atomic mass is 19.4. The molecule has 2 aromatic heterocycles. The third kappa shape index (κ3) is 6.61. The van der Waals surface area contributed by atoms with Gasteiger partial charge in [-0.15, -0.1) is 13.2 Å². The van der Waals surface area contributed by atoms with Crippen LogP contribution in [-0.4, -0.2) is 55.3 Å². The molecule has 14 heteroatoms. The van der Waals surface area contributed by atoms with Crippen LogP contribution in [0.25, 0.3) is 0 Å². The summed E-state index contributed by atoms with van der Waals surface area (Å²) in [5.41, 5.74) is 0.486. The fourth-order valence-corrected chi connectivity index (χ4v) is 3.60. The largest absolute Gasteiger partial charge is 0.573 e. The van der Waals surface area contributed by atoms with Crippen LogP contribution in [0.1, 0.15) is 17.4 Å². The standard InChI is InChI=1S/C23H22F3N5O6/c24-23(25,26)37-15-5-3-13(4-6-15)11-28-16-7-9-31(22(35)30-16)21-18(33)17(32)19(36-21)20(34)29-12-14-2-1-8-27-10-14/h1-10,17-19,21,32-33H,11-12H2,(H,29,34)(H,28,30,35)/t17?,18?,19-,21+/m0/s1. The number of pyridine rings is 1. The fraction of sp³-hybridized carbons (Fsp3) is 0.304. The molecule has 4 N–H and O–H groups in total. The van der Waals surface area contributed by atoms with Gasteiger partial charge in [0.1, 0.15) is 23.8 Å². The van der Waals surface area contributed by atoms with E-state index in [1.165, 1.54) is 24.4 Å². The van der Waals surface area contributed by atoms with Crippen molar-refractivity contribution in [1.82, 2.24) is 19.9 Å². The van der Waals surface area contributed by atoms with Crippen molar-refractivity contribution in [2.75, 3.05) is 5.32 Å². The summed E-state index contributed by atoms with van der Waals surface area (Å²) in [7, 11) is 0. The Balaban J connectivity index is 1.36. The third-order valence-electron chi connectivity index (χ3n) is 5.42. The summed E-state index contributed by atoms with van der Waals surface area (Å²) in [4.78, 5) is 32.8. The number of ether oxygens (including phenoxy) is 2. The second-order valence-corrected chi connectivity index (χ2v) is 8.06. The summed E-state index contributed by atoms with van der Waals surface area (Å²) in [5, 5.41) is 26.2. The zero-order valence-electron chi connectivity index (χ0n) is 19.0. The van der Waals surface area contributed by atoms with Crippen LogP contribution in [0.2, 0.25) is 0 Å². The monoisotopic (exact) mass is 521 g/mol. The number of halogens is 3. The first-order chi connectivity index (χ1) is 17.6. The lowest BCUT2D eigenvalue weighted by molar-refractivity contribution is -0.274. The molecule has 3 heterocycles. The summed E-state index contributed by atoms with van der Waals surface area (Å²) >= 11 is 0. The number of aliphatic hydroxyl groups is 2. The second kappa shape index (κ2) is 10.9. The number of anilines is 1. The van der Waals surface area contributed by atoms with Crippen LogP contribution in [0, 0.1) is 0 Å². The predicted molar refractivity (Wildman–Crippen MR) is 121 cm³/mol. The predicted octanol–water partition coefficient (Wildman–Crippen LogP) is 1.08. The number of benzene rings is 1. The molecule has 2 unspecified atom stereocenters. The zero-order valence-corrected chi connectivity index (χ0v) is 19.0. The van der Waals surface area contributed by atoms with E-state index < -0.39 is 42.5 Å². The van der Waals surface area contributed by atoms with Crippen molar-refractivity contribution in [3.05, 3.63) is 82.7 Å². The van der Waals surface area contributed by atoms with Crippen molar-refractivity contribution < 1.29 is 37.7 Å². The maximum atomic E-state index is 12.6. The molecule has 1 saturated heterocycles. The van der Waals surface area contributed by atoms with Gasteiger partial charge in [-0.3, -0.25) is 14.3 Å². The topological polar surface area (TPSA) is 148 Å². The van der Waals surface area contributed by atoms with Gasteiger partial charge in [-0.1, -0.05) is 18.2 Å². The lowest BCUT2D eigenvalue weighted by atomic mass is 10.1. The quantitative estimate of drug-likeness (QED) is 0.342. The molecular weight excluding hydrogens is 499 g/mol. The summed E-state index contributed by atoms with van der Waals surface area (Å²) in [6.07, 6.45) is -6.33. The van der Waals surface area contributed by atoms with Gasteiger partial charge in [-0.25, -0.2) is 4.79 Å². The van der Waals surface area contributed by atoms with E-state index in [9.17, 15) is 33.0 Å². The average Bonchev–Trinajstić information content (AvgIpc) is 3.16. The van der Waals surface area contributed by atoms with Crippen molar-refractivity contribution in [2.24, 2.45) is 0 Å². The van der Waals surface area contributed by atoms with E-state index in [-0.39, 0.29) is 24.7 Å². The molecular formula is C23H22F3N5O6. The highest BCUT2D eigenvalue weighted by Crippen LogP contribution is 2.29. The molecule has 0 spiro atoms. The number of carbonyl (C=O) groups is 1. The lowest BCUT2D eigenvalue weighted by Crippen LogP contribution is -2.42. The number of hydrogen-bond donors (Lipinski definition) is 4. The zero-order chi connectivity index (χ0) is 26.6. The van der Waals surface area contributed by atoms with E-state index in [2.05, 4.69) is 25.3 Å². The number of nitrogens with zero attached hydrogens (tertiary/aromatic N) is 3. The average molecular weight is 521 g/mol. The molecule has 11 nitrogen and oxygen atoms in total. The minimum atomic E-state index is -4.79. The van der Waals surface area contributed by atoms with Crippen LogP contribution < -0.4 is 21.1 Å². The van der Waals surface area contributed by atoms with Crippen molar-refractivity contribution in [3.8, 4) is 5.75 Å². The fourth-order valence-electron chi connectivity index (χ4n) is 3.60. The number of alkyl halides is 3. The van der Waals surface area contributed by atoms with Gasteiger partial charge in [-0.2, -0.15) is 4.98 Å². The Morgan fingerprint density at radius 2 is 1.84 bits per heavy atom. The molecule has 1 fully saturated rings. The van der Waals surface area contributed by atoms with Gasteiger partial charge in [0.2, 0.25) is 0 Å². The van der Waals surface area contributed by atoms with E-state index in [1.54, 1.807) is 24.5 Å². The van der Waals surface area contributed by atoms with Gasteiger partial charge in [0, 0.05) is 31.7 Å². The van der Waals surface area contributed by atoms with Gasteiger partial charge in [0.15, 0.2) is 12.3 Å². The summed E-state index contributed by atoms with van der Waals surface area (Å²) in [6, 6.07) is 9.99. The molecule has 1 aliphatic heterocycles. The van der Waals surface area contributed by atoms with Gasteiger partial charge in [0.05, 0.1) is 0 Å². The van der Waals surface area contributed by atoms with Crippen LogP contribution in [0.5, 0.6) is 5.75 Å². The molecule has 0 bridgehead atoms. The van der Waals surface area contributed by atoms with Crippen molar-refractivity contribution in [1.29, 1.82) is 0 Å². The van der Waals surface area contributed by atoms with E-state index in [0.29, 0.717) is 5.56 Å². The molecule has 1 amide bonds. The number of aliphatic hydroxyl groups excluding tert-OH is 2. The van der Waals surface area contributed by atoms with Crippen LogP contribution in [0.3, 0.4) is 0 Å². The molecule has 0 saturated carbocycles. The molecule has 0 aliphatic carbocycles. The molecule has 4 rings (SSSR count). The van der Waals surface area contributed by atoms with Gasteiger partial charge < -0.3 is 30.3 Å². The lowest BCUT2D eigenvalue weighted by Gasteiger charge is -2.17. The highest BCUT2D eigenvalue weighted by molar-refractivity contribution is 5.81. The number of carbonyl (C=O) groups excluding carboxylic acids is 1. The van der Waals surface area contributed by atoms with E-state index in [0.717, 1.165) is 22.3 Å². The van der Waals surface area contributed by atoms with E-state index in [1.807, 2.05) is 0 Å². The van der Waals surface area contributed by atoms with E-state index >= 15 is 0 Å². The number of aromatic nitrogens is 3. The Morgan fingerprint density at radius 3 is 2.49 bits per heavy atom. The Labute approximate surface area is 207 Å².